The number of nitrogens with two attached hydrogens (primary N) is 1. The summed E-state index contributed by atoms with van der Waals surface area (Å²) in [5, 5.41) is 2.12. The lowest BCUT2D eigenvalue weighted by atomic mass is 9.76. The molecule has 0 saturated carbocycles. The predicted molar refractivity (Wildman–Crippen MR) is 55.1 cm³/mol. The highest BCUT2D eigenvalue weighted by Gasteiger charge is 2.45. The quantitative estimate of drug-likeness (QED) is 0.727. The summed E-state index contributed by atoms with van der Waals surface area (Å²) in [6.45, 7) is 7.49. The van der Waals surface area contributed by atoms with Crippen LogP contribution in [0.25, 0.3) is 0 Å². The second-order valence-electron chi connectivity index (χ2n) is 5.43. The van der Waals surface area contributed by atoms with Gasteiger partial charge in [-0.3, -0.25) is 10.1 Å². The molecule has 0 aromatic rings. The summed E-state index contributed by atoms with van der Waals surface area (Å²) >= 11 is 0. The van der Waals surface area contributed by atoms with E-state index in [9.17, 15) is 9.59 Å². The Labute approximate surface area is 89.3 Å². The zero-order valence-electron chi connectivity index (χ0n) is 9.59. The Bertz CT molecular complexity index is 292. The minimum atomic E-state index is -0.743. The summed E-state index contributed by atoms with van der Waals surface area (Å²) in [5.41, 5.74) is 5.03. The number of ether oxygens (including phenoxy) is 1. The van der Waals surface area contributed by atoms with E-state index in [2.05, 4.69) is 5.32 Å². The van der Waals surface area contributed by atoms with Gasteiger partial charge < -0.3 is 10.5 Å². The first-order chi connectivity index (χ1) is 6.62. The lowest BCUT2D eigenvalue weighted by Gasteiger charge is -2.34. The van der Waals surface area contributed by atoms with Crippen LogP contribution in [0.1, 0.15) is 34.1 Å². The van der Waals surface area contributed by atoms with Crippen molar-refractivity contribution in [1.82, 2.24) is 5.32 Å². The molecule has 0 bridgehead atoms. The van der Waals surface area contributed by atoms with Gasteiger partial charge in [-0.15, -0.1) is 0 Å². The number of amides is 2. The summed E-state index contributed by atoms with van der Waals surface area (Å²) in [7, 11) is 0. The fourth-order valence-electron chi connectivity index (χ4n) is 2.14. The summed E-state index contributed by atoms with van der Waals surface area (Å²) in [5.74, 6) is -0.380. The molecule has 5 nitrogen and oxygen atoms in total. The van der Waals surface area contributed by atoms with Crippen LogP contribution in [0.3, 0.4) is 0 Å². The molecule has 1 fully saturated rings. The minimum Gasteiger partial charge on any atom is -0.435 e. The first-order valence-corrected chi connectivity index (χ1v) is 4.92. The van der Waals surface area contributed by atoms with E-state index in [4.69, 9.17) is 10.5 Å². The number of nitrogens with one attached hydrogen (secondary N) is 1. The van der Waals surface area contributed by atoms with Gasteiger partial charge in [0.25, 0.3) is 5.91 Å². The molecule has 0 aromatic carbocycles. The first kappa shape index (κ1) is 12.0. The molecule has 1 unspecified atom stereocenters. The van der Waals surface area contributed by atoms with Gasteiger partial charge in [0.1, 0.15) is 0 Å². The third-order valence-corrected chi connectivity index (χ3v) is 2.31. The molecule has 1 aliphatic heterocycles. The van der Waals surface area contributed by atoms with Crippen molar-refractivity contribution in [2.24, 2.45) is 11.1 Å². The molecule has 2 amide bonds. The molecule has 0 radical (unpaired) electrons. The van der Waals surface area contributed by atoms with Crippen LogP contribution in [0.15, 0.2) is 0 Å². The Morgan fingerprint density at radius 3 is 2.20 bits per heavy atom. The van der Waals surface area contributed by atoms with Crippen LogP contribution in [0.5, 0.6) is 0 Å². The van der Waals surface area contributed by atoms with Crippen LogP contribution in [0.2, 0.25) is 0 Å². The lowest BCUT2D eigenvalue weighted by Crippen LogP contribution is -2.45. The van der Waals surface area contributed by atoms with Crippen molar-refractivity contribution in [3.63, 3.8) is 0 Å². The van der Waals surface area contributed by atoms with Gasteiger partial charge in [0.15, 0.2) is 6.10 Å². The molecule has 1 heterocycles. The van der Waals surface area contributed by atoms with Crippen molar-refractivity contribution in [2.45, 2.75) is 45.8 Å². The number of carbonyl (C=O) groups is 2. The van der Waals surface area contributed by atoms with E-state index in [1.54, 1.807) is 0 Å². The van der Waals surface area contributed by atoms with Crippen molar-refractivity contribution in [1.29, 1.82) is 0 Å². The highest BCUT2D eigenvalue weighted by molar-refractivity contribution is 6.00. The average molecular weight is 214 g/mol. The Morgan fingerprint density at radius 1 is 1.33 bits per heavy atom. The smallest absolute Gasteiger partial charge is 0.414 e. The van der Waals surface area contributed by atoms with E-state index in [0.29, 0.717) is 6.42 Å². The molecule has 1 atom stereocenters. The van der Waals surface area contributed by atoms with E-state index in [-0.39, 0.29) is 5.91 Å². The van der Waals surface area contributed by atoms with Gasteiger partial charge in [0.05, 0.1) is 0 Å². The van der Waals surface area contributed by atoms with E-state index in [1.807, 2.05) is 27.7 Å². The highest BCUT2D eigenvalue weighted by atomic mass is 16.6. The summed E-state index contributed by atoms with van der Waals surface area (Å²) in [6.07, 6.45) is -0.827. The summed E-state index contributed by atoms with van der Waals surface area (Å²) in [6, 6.07) is 0. The topological polar surface area (TPSA) is 81.4 Å². The molecule has 3 N–H and O–H groups in total. The number of cyclic esters (lactones) is 1. The molecule has 1 saturated heterocycles. The Morgan fingerprint density at radius 2 is 1.87 bits per heavy atom. The SMILES string of the molecule is CC(C)(N)CC(C)(C)C1OC(=O)NC1=O. The van der Waals surface area contributed by atoms with Crippen molar-refractivity contribution >= 4 is 12.0 Å². The van der Waals surface area contributed by atoms with Gasteiger partial charge in [-0.25, -0.2) is 4.79 Å². The Kier molecular flexibility index (Phi) is 2.78. The fourth-order valence-corrected chi connectivity index (χ4v) is 2.14. The van der Waals surface area contributed by atoms with Gasteiger partial charge in [0.2, 0.25) is 0 Å². The van der Waals surface area contributed by atoms with Gasteiger partial charge in [-0.1, -0.05) is 13.8 Å². The molecule has 0 aliphatic carbocycles. The normalized spacial score (nSPS) is 22.6. The van der Waals surface area contributed by atoms with Crippen LogP contribution in [0.4, 0.5) is 4.79 Å². The Hall–Kier alpha value is -1.10. The van der Waals surface area contributed by atoms with Crippen molar-refractivity contribution in [2.75, 3.05) is 0 Å². The van der Waals surface area contributed by atoms with Gasteiger partial charge in [-0.05, 0) is 20.3 Å². The van der Waals surface area contributed by atoms with E-state index in [1.165, 1.54) is 0 Å². The van der Waals surface area contributed by atoms with Crippen molar-refractivity contribution in [3.8, 4) is 0 Å². The third kappa shape index (κ3) is 2.92. The van der Waals surface area contributed by atoms with Crippen LogP contribution >= 0.6 is 0 Å². The molecule has 1 rings (SSSR count). The number of alkyl carbamates (subject to hydrolysis) is 1. The first-order valence-electron chi connectivity index (χ1n) is 4.92. The second kappa shape index (κ2) is 3.48. The maximum atomic E-state index is 11.4. The fraction of sp³-hybridized carbons (Fsp3) is 0.800. The van der Waals surface area contributed by atoms with Gasteiger partial charge in [0, 0.05) is 11.0 Å². The molecular formula is C10H18N2O3. The Balaban J connectivity index is 2.78. The summed E-state index contributed by atoms with van der Waals surface area (Å²) in [4.78, 5) is 22.3. The third-order valence-electron chi connectivity index (χ3n) is 2.31. The monoisotopic (exact) mass is 214 g/mol. The molecule has 15 heavy (non-hydrogen) atoms. The van der Waals surface area contributed by atoms with Crippen LogP contribution in [-0.2, 0) is 9.53 Å². The molecule has 1 aliphatic rings. The zero-order valence-corrected chi connectivity index (χ0v) is 9.59. The molecular weight excluding hydrogens is 196 g/mol. The highest BCUT2D eigenvalue weighted by Crippen LogP contribution is 2.33. The van der Waals surface area contributed by atoms with E-state index < -0.39 is 23.2 Å². The number of rotatable bonds is 3. The maximum Gasteiger partial charge on any atom is 0.414 e. The number of imide groups is 1. The minimum absolute atomic E-state index is 0.380. The van der Waals surface area contributed by atoms with E-state index >= 15 is 0 Å². The van der Waals surface area contributed by atoms with Crippen LogP contribution in [0, 0.1) is 5.41 Å². The zero-order chi connectivity index (χ0) is 11.9. The van der Waals surface area contributed by atoms with Gasteiger partial charge in [-0.2, -0.15) is 0 Å². The molecule has 5 heteroatoms. The predicted octanol–water partition coefficient (Wildman–Crippen LogP) is 0.775. The molecule has 0 spiro atoms. The lowest BCUT2D eigenvalue weighted by molar-refractivity contribution is -0.128. The van der Waals surface area contributed by atoms with Crippen molar-refractivity contribution < 1.29 is 14.3 Å². The maximum absolute atomic E-state index is 11.4. The second-order valence-corrected chi connectivity index (χ2v) is 5.43. The van der Waals surface area contributed by atoms with Crippen molar-refractivity contribution in [3.05, 3.63) is 0 Å². The van der Waals surface area contributed by atoms with Crippen LogP contribution < -0.4 is 11.1 Å². The number of carbonyl (C=O) groups excluding carboxylic acids is 2. The average Bonchev–Trinajstić information content (AvgIpc) is 2.24. The standard InChI is InChI=1S/C10H18N2O3/c1-9(2,5-10(3,4)11)6-7(13)12-8(14)15-6/h6H,5,11H2,1-4H3,(H,12,13,14). The van der Waals surface area contributed by atoms with E-state index in [0.717, 1.165) is 0 Å². The van der Waals surface area contributed by atoms with Gasteiger partial charge >= 0.3 is 6.09 Å². The summed E-state index contributed by atoms with van der Waals surface area (Å²) < 4.78 is 4.93. The number of hydrogen-bond donors (Lipinski definition) is 2. The molecule has 86 valence electrons. The number of hydrogen-bond acceptors (Lipinski definition) is 4. The largest absolute Gasteiger partial charge is 0.435 e. The van der Waals surface area contributed by atoms with Crippen LogP contribution in [-0.4, -0.2) is 23.6 Å². The molecule has 0 aromatic heterocycles.